The standard InChI is InChI=1S/C25H28BrNO5/c1-3-31-23(28)14-17-6-4-5-7-21(17)32-22-16-25(20-9-8-18(26)15-19(20)22)10-12-27(13-11-25)24(29)30-2/h4-9,15,22H,3,10-14,16H2,1-2H3/t22-/m1/s1. The third-order valence-electron chi connectivity index (χ3n) is 6.54. The third-order valence-corrected chi connectivity index (χ3v) is 7.04. The maximum absolute atomic E-state index is 12.1. The van der Waals surface area contributed by atoms with Crippen LogP contribution in [-0.2, 0) is 26.1 Å². The molecule has 170 valence electrons. The normalized spacial score (nSPS) is 18.8. The first-order valence-corrected chi connectivity index (χ1v) is 11.8. The number of halogens is 1. The van der Waals surface area contributed by atoms with Crippen molar-refractivity contribution in [2.75, 3.05) is 26.8 Å². The van der Waals surface area contributed by atoms with Crippen molar-refractivity contribution in [3.05, 3.63) is 63.6 Å². The number of carbonyl (C=O) groups excluding carboxylic acids is 2. The van der Waals surface area contributed by atoms with Crippen molar-refractivity contribution in [3.63, 3.8) is 0 Å². The molecule has 32 heavy (non-hydrogen) atoms. The van der Waals surface area contributed by atoms with Gasteiger partial charge in [0.2, 0.25) is 0 Å². The van der Waals surface area contributed by atoms with Crippen molar-refractivity contribution in [2.45, 2.75) is 44.1 Å². The predicted octanol–water partition coefficient (Wildman–Crippen LogP) is 5.18. The molecule has 1 aliphatic carbocycles. The van der Waals surface area contributed by atoms with Crippen LogP contribution in [0.2, 0.25) is 0 Å². The molecule has 1 aliphatic heterocycles. The van der Waals surface area contributed by atoms with Gasteiger partial charge in [-0.05, 0) is 55.5 Å². The van der Waals surface area contributed by atoms with Gasteiger partial charge < -0.3 is 19.1 Å². The Balaban J connectivity index is 1.59. The van der Waals surface area contributed by atoms with Gasteiger partial charge >= 0.3 is 12.1 Å². The quantitative estimate of drug-likeness (QED) is 0.528. The highest BCUT2D eigenvalue weighted by molar-refractivity contribution is 9.10. The van der Waals surface area contributed by atoms with E-state index in [4.69, 9.17) is 14.2 Å². The van der Waals surface area contributed by atoms with E-state index < -0.39 is 0 Å². The first kappa shape index (κ1) is 22.6. The van der Waals surface area contributed by atoms with Crippen molar-refractivity contribution < 1.29 is 23.8 Å². The number of para-hydroxylation sites is 1. The van der Waals surface area contributed by atoms with Crippen molar-refractivity contribution in [3.8, 4) is 5.75 Å². The lowest BCUT2D eigenvalue weighted by molar-refractivity contribution is -0.142. The Hall–Kier alpha value is -2.54. The summed E-state index contributed by atoms with van der Waals surface area (Å²) in [7, 11) is 1.42. The first-order chi connectivity index (χ1) is 15.5. The number of fused-ring (bicyclic) bond motifs is 2. The first-order valence-electron chi connectivity index (χ1n) is 11.0. The Morgan fingerprint density at radius 2 is 1.91 bits per heavy atom. The molecule has 1 fully saturated rings. The lowest BCUT2D eigenvalue weighted by Gasteiger charge is -2.39. The summed E-state index contributed by atoms with van der Waals surface area (Å²) >= 11 is 3.61. The molecule has 2 aromatic rings. The van der Waals surface area contributed by atoms with E-state index in [9.17, 15) is 9.59 Å². The average molecular weight is 502 g/mol. The van der Waals surface area contributed by atoms with Gasteiger partial charge in [0.15, 0.2) is 0 Å². The monoisotopic (exact) mass is 501 g/mol. The maximum Gasteiger partial charge on any atom is 0.409 e. The maximum atomic E-state index is 12.1. The Kier molecular flexibility index (Phi) is 6.74. The number of benzene rings is 2. The van der Waals surface area contributed by atoms with E-state index >= 15 is 0 Å². The van der Waals surface area contributed by atoms with Crippen LogP contribution >= 0.6 is 15.9 Å². The Labute approximate surface area is 197 Å². The van der Waals surface area contributed by atoms with Crippen molar-refractivity contribution in [2.24, 2.45) is 0 Å². The van der Waals surface area contributed by atoms with Gasteiger partial charge in [0, 0.05) is 28.5 Å². The molecule has 1 saturated heterocycles. The summed E-state index contributed by atoms with van der Waals surface area (Å²) < 4.78 is 17.6. The largest absolute Gasteiger partial charge is 0.485 e. The molecule has 2 aliphatic rings. The molecule has 2 aromatic carbocycles. The van der Waals surface area contributed by atoms with E-state index in [1.807, 2.05) is 24.3 Å². The fourth-order valence-electron chi connectivity index (χ4n) is 4.97. The van der Waals surface area contributed by atoms with E-state index in [2.05, 4.69) is 34.1 Å². The average Bonchev–Trinajstić information content (AvgIpc) is 3.07. The molecule has 0 bridgehead atoms. The Bertz CT molecular complexity index is 1000. The van der Waals surface area contributed by atoms with Crippen molar-refractivity contribution >= 4 is 28.0 Å². The summed E-state index contributed by atoms with van der Waals surface area (Å²) in [5, 5.41) is 0. The lowest BCUT2D eigenvalue weighted by atomic mass is 9.74. The van der Waals surface area contributed by atoms with Crippen LogP contribution in [0.4, 0.5) is 4.79 Å². The van der Waals surface area contributed by atoms with E-state index in [1.54, 1.807) is 11.8 Å². The second-order valence-corrected chi connectivity index (χ2v) is 9.28. The number of likely N-dealkylation sites (tertiary alicyclic amines) is 1. The number of amides is 1. The van der Waals surface area contributed by atoms with E-state index in [0.29, 0.717) is 25.4 Å². The van der Waals surface area contributed by atoms with Crippen LogP contribution in [0.15, 0.2) is 46.9 Å². The highest BCUT2D eigenvalue weighted by Crippen LogP contribution is 2.52. The number of carbonyl (C=O) groups is 2. The predicted molar refractivity (Wildman–Crippen MR) is 124 cm³/mol. The third kappa shape index (κ3) is 4.49. The van der Waals surface area contributed by atoms with E-state index in [0.717, 1.165) is 34.9 Å². The molecule has 4 rings (SSSR count). The van der Waals surface area contributed by atoms with Crippen LogP contribution in [0.5, 0.6) is 5.75 Å². The van der Waals surface area contributed by atoms with Crippen molar-refractivity contribution in [1.29, 1.82) is 0 Å². The lowest BCUT2D eigenvalue weighted by Crippen LogP contribution is -2.44. The van der Waals surface area contributed by atoms with Gasteiger partial charge in [0.05, 0.1) is 20.1 Å². The Morgan fingerprint density at radius 3 is 2.62 bits per heavy atom. The zero-order valence-corrected chi connectivity index (χ0v) is 20.0. The van der Waals surface area contributed by atoms with Crippen LogP contribution in [-0.4, -0.2) is 43.8 Å². The van der Waals surface area contributed by atoms with Gasteiger partial charge in [-0.15, -0.1) is 0 Å². The molecule has 0 radical (unpaired) electrons. The molecule has 0 N–H and O–H groups in total. The fourth-order valence-corrected chi connectivity index (χ4v) is 5.35. The van der Waals surface area contributed by atoms with Gasteiger partial charge in [-0.25, -0.2) is 4.79 Å². The number of hydrogen-bond donors (Lipinski definition) is 0. The smallest absolute Gasteiger partial charge is 0.409 e. The number of piperidine rings is 1. The summed E-state index contributed by atoms with van der Waals surface area (Å²) in [4.78, 5) is 25.8. The molecule has 0 aromatic heterocycles. The summed E-state index contributed by atoms with van der Waals surface area (Å²) in [5.74, 6) is 0.449. The molecule has 6 nitrogen and oxygen atoms in total. The fraction of sp³-hybridized carbons (Fsp3) is 0.440. The number of ether oxygens (including phenoxy) is 3. The van der Waals surface area contributed by atoms with Crippen LogP contribution in [0.1, 0.15) is 49.0 Å². The van der Waals surface area contributed by atoms with Gasteiger partial charge in [0.25, 0.3) is 0 Å². The molecular weight excluding hydrogens is 474 g/mol. The van der Waals surface area contributed by atoms with Crippen LogP contribution in [0.25, 0.3) is 0 Å². The van der Waals surface area contributed by atoms with E-state index in [1.165, 1.54) is 12.7 Å². The summed E-state index contributed by atoms with van der Waals surface area (Å²) in [5.41, 5.74) is 3.24. The van der Waals surface area contributed by atoms with Crippen LogP contribution in [0, 0.1) is 0 Å². The van der Waals surface area contributed by atoms with Gasteiger partial charge in [0.1, 0.15) is 11.9 Å². The Morgan fingerprint density at radius 1 is 1.16 bits per heavy atom. The minimum Gasteiger partial charge on any atom is -0.485 e. The zero-order chi connectivity index (χ0) is 22.7. The molecule has 1 heterocycles. The van der Waals surface area contributed by atoms with Gasteiger partial charge in [-0.2, -0.15) is 0 Å². The highest BCUT2D eigenvalue weighted by atomic mass is 79.9. The number of esters is 1. The number of rotatable bonds is 5. The topological polar surface area (TPSA) is 65.1 Å². The van der Waals surface area contributed by atoms with Gasteiger partial charge in [-0.1, -0.05) is 40.2 Å². The molecule has 1 spiro atoms. The summed E-state index contributed by atoms with van der Waals surface area (Å²) in [6.07, 6.45) is 2.34. The number of hydrogen-bond acceptors (Lipinski definition) is 5. The molecular formula is C25H28BrNO5. The van der Waals surface area contributed by atoms with Crippen molar-refractivity contribution in [1.82, 2.24) is 4.90 Å². The van der Waals surface area contributed by atoms with Gasteiger partial charge in [-0.3, -0.25) is 4.79 Å². The molecule has 7 heteroatoms. The van der Waals surface area contributed by atoms with E-state index in [-0.39, 0.29) is 30.0 Å². The molecule has 1 amide bonds. The minimum atomic E-state index is -0.269. The van der Waals surface area contributed by atoms with Crippen LogP contribution in [0.3, 0.4) is 0 Å². The minimum absolute atomic E-state index is 0.0404. The number of nitrogens with zero attached hydrogens (tertiary/aromatic N) is 1. The summed E-state index contributed by atoms with van der Waals surface area (Å²) in [6, 6.07) is 14.0. The second-order valence-electron chi connectivity index (χ2n) is 8.37. The van der Waals surface area contributed by atoms with Crippen LogP contribution < -0.4 is 4.74 Å². The zero-order valence-electron chi connectivity index (χ0n) is 18.4. The molecule has 0 unspecified atom stereocenters. The second kappa shape index (κ2) is 9.53. The molecule has 1 atom stereocenters. The summed E-state index contributed by atoms with van der Waals surface area (Å²) in [6.45, 7) is 3.48. The SMILES string of the molecule is CCOC(=O)Cc1ccccc1O[C@@H]1CC2(CCN(C(=O)OC)CC2)c2ccc(Br)cc21. The molecule has 0 saturated carbocycles. The number of methoxy groups -OCH3 is 1. The highest BCUT2D eigenvalue weighted by Gasteiger charge is 2.47.